The summed E-state index contributed by atoms with van der Waals surface area (Å²) in [5, 5.41) is 3.01. The molecule has 5 heteroatoms. The Balaban J connectivity index is 2.62. The van der Waals surface area contributed by atoms with Crippen molar-refractivity contribution in [3.8, 4) is 0 Å². The Kier molecular flexibility index (Phi) is 3.81. The molecule has 0 spiro atoms. The van der Waals surface area contributed by atoms with Crippen LogP contribution in [0.2, 0.25) is 0 Å². The number of carbonyl (C=O) groups excluding carboxylic acids is 2. The molecule has 0 unspecified atom stereocenters. The molecule has 0 aromatic heterocycles. The molecular formula is C12H21NO4. The topological polar surface area (TPSA) is 64.6 Å². The maximum absolute atomic E-state index is 11.8. The highest BCUT2D eigenvalue weighted by atomic mass is 16.6. The van der Waals surface area contributed by atoms with Crippen LogP contribution in [0.3, 0.4) is 0 Å². The third kappa shape index (κ3) is 3.43. The van der Waals surface area contributed by atoms with Gasteiger partial charge in [-0.2, -0.15) is 0 Å². The number of rotatable bonds is 2. The van der Waals surface area contributed by atoms with Crippen molar-refractivity contribution in [2.45, 2.75) is 45.8 Å². The lowest BCUT2D eigenvalue weighted by molar-refractivity contribution is -0.157. The van der Waals surface area contributed by atoms with Crippen LogP contribution in [-0.2, 0) is 19.1 Å². The normalized spacial score (nSPS) is 28.9. The predicted molar refractivity (Wildman–Crippen MR) is 62.4 cm³/mol. The van der Waals surface area contributed by atoms with Gasteiger partial charge in [0, 0.05) is 6.54 Å². The molecule has 0 aromatic carbocycles. The second-order valence-corrected chi connectivity index (χ2v) is 5.72. The first-order chi connectivity index (χ1) is 7.68. The van der Waals surface area contributed by atoms with Crippen molar-refractivity contribution in [2.24, 2.45) is 5.41 Å². The fraction of sp³-hybridized carbons (Fsp3) is 0.833. The fourth-order valence-corrected chi connectivity index (χ4v) is 1.88. The molecule has 0 aliphatic carbocycles. The number of hydrogen-bond acceptors (Lipinski definition) is 5. The quantitative estimate of drug-likeness (QED) is 0.729. The summed E-state index contributed by atoms with van der Waals surface area (Å²) in [7, 11) is 1.36. The van der Waals surface area contributed by atoms with Crippen LogP contribution in [-0.4, -0.2) is 37.2 Å². The molecule has 17 heavy (non-hydrogen) atoms. The first-order valence-electron chi connectivity index (χ1n) is 5.73. The van der Waals surface area contributed by atoms with Crippen molar-refractivity contribution in [3.63, 3.8) is 0 Å². The minimum absolute atomic E-state index is 0.295. The Morgan fingerprint density at radius 2 is 1.94 bits per heavy atom. The SMILES string of the molecule is COC(=O)[C@]1(C)CN[C@@H](C(=O)OC(C)(C)C)C1. The van der Waals surface area contributed by atoms with Gasteiger partial charge in [-0.3, -0.25) is 9.59 Å². The summed E-state index contributed by atoms with van der Waals surface area (Å²) >= 11 is 0. The van der Waals surface area contributed by atoms with Crippen molar-refractivity contribution in [2.75, 3.05) is 13.7 Å². The molecule has 0 amide bonds. The smallest absolute Gasteiger partial charge is 0.323 e. The Bertz CT molecular complexity index is 321. The highest BCUT2D eigenvalue weighted by Gasteiger charge is 2.45. The average Bonchev–Trinajstić information content (AvgIpc) is 2.58. The van der Waals surface area contributed by atoms with E-state index in [0.717, 1.165) is 0 Å². The maximum Gasteiger partial charge on any atom is 0.323 e. The molecule has 0 bridgehead atoms. The van der Waals surface area contributed by atoms with E-state index < -0.39 is 17.1 Å². The van der Waals surface area contributed by atoms with Gasteiger partial charge in [0.25, 0.3) is 0 Å². The van der Waals surface area contributed by atoms with Gasteiger partial charge < -0.3 is 14.8 Å². The van der Waals surface area contributed by atoms with Gasteiger partial charge in [-0.1, -0.05) is 0 Å². The average molecular weight is 243 g/mol. The molecule has 98 valence electrons. The van der Waals surface area contributed by atoms with Gasteiger partial charge in [0.1, 0.15) is 11.6 Å². The van der Waals surface area contributed by atoms with E-state index in [-0.39, 0.29) is 11.9 Å². The number of esters is 2. The van der Waals surface area contributed by atoms with Gasteiger partial charge in [0.2, 0.25) is 0 Å². The lowest BCUT2D eigenvalue weighted by atomic mass is 9.88. The van der Waals surface area contributed by atoms with Gasteiger partial charge in [-0.15, -0.1) is 0 Å². The minimum Gasteiger partial charge on any atom is -0.469 e. The molecule has 1 fully saturated rings. The van der Waals surface area contributed by atoms with E-state index in [1.54, 1.807) is 6.92 Å². The summed E-state index contributed by atoms with van der Waals surface area (Å²) in [6.45, 7) is 7.68. The van der Waals surface area contributed by atoms with Crippen LogP contribution in [0.4, 0.5) is 0 Å². The van der Waals surface area contributed by atoms with E-state index in [0.29, 0.717) is 13.0 Å². The van der Waals surface area contributed by atoms with E-state index in [2.05, 4.69) is 5.32 Å². The Labute approximate surface area is 102 Å². The standard InChI is InChI=1S/C12H21NO4/c1-11(2,3)17-9(14)8-6-12(4,7-13-8)10(15)16-5/h8,13H,6-7H2,1-5H3/t8-,12+/m1/s1. The molecule has 0 saturated carbocycles. The van der Waals surface area contributed by atoms with Crippen LogP contribution < -0.4 is 5.32 Å². The van der Waals surface area contributed by atoms with Crippen LogP contribution in [0.1, 0.15) is 34.1 Å². The number of methoxy groups -OCH3 is 1. The van der Waals surface area contributed by atoms with Crippen molar-refractivity contribution < 1.29 is 19.1 Å². The van der Waals surface area contributed by atoms with Crippen molar-refractivity contribution in [1.82, 2.24) is 5.32 Å². The number of ether oxygens (including phenoxy) is 2. The molecule has 1 aliphatic rings. The third-order valence-corrected chi connectivity index (χ3v) is 2.76. The summed E-state index contributed by atoms with van der Waals surface area (Å²) in [5.41, 5.74) is -1.15. The first kappa shape index (κ1) is 14.0. The van der Waals surface area contributed by atoms with E-state index in [4.69, 9.17) is 9.47 Å². The maximum atomic E-state index is 11.8. The summed E-state index contributed by atoms with van der Waals surface area (Å²) < 4.78 is 10.0. The molecule has 1 N–H and O–H groups in total. The van der Waals surface area contributed by atoms with Gasteiger partial charge in [-0.25, -0.2) is 0 Å². The molecule has 0 radical (unpaired) electrons. The molecular weight excluding hydrogens is 222 g/mol. The zero-order valence-corrected chi connectivity index (χ0v) is 11.1. The minimum atomic E-state index is -0.643. The van der Waals surface area contributed by atoms with Crippen molar-refractivity contribution >= 4 is 11.9 Å². The lowest BCUT2D eigenvalue weighted by Crippen LogP contribution is -2.37. The summed E-state index contributed by atoms with van der Waals surface area (Å²) in [6.07, 6.45) is 0.411. The second-order valence-electron chi connectivity index (χ2n) is 5.72. The molecule has 5 nitrogen and oxygen atoms in total. The van der Waals surface area contributed by atoms with Crippen LogP contribution in [0.15, 0.2) is 0 Å². The Morgan fingerprint density at radius 1 is 1.35 bits per heavy atom. The predicted octanol–water partition coefficient (Wildman–Crippen LogP) is 0.869. The molecule has 0 aromatic rings. The zero-order valence-electron chi connectivity index (χ0n) is 11.1. The van der Waals surface area contributed by atoms with Crippen molar-refractivity contribution in [1.29, 1.82) is 0 Å². The molecule has 1 aliphatic heterocycles. The Morgan fingerprint density at radius 3 is 2.41 bits per heavy atom. The molecule has 2 atom stereocenters. The number of hydrogen-bond donors (Lipinski definition) is 1. The van der Waals surface area contributed by atoms with E-state index in [9.17, 15) is 9.59 Å². The lowest BCUT2D eigenvalue weighted by Gasteiger charge is -2.23. The van der Waals surface area contributed by atoms with E-state index >= 15 is 0 Å². The third-order valence-electron chi connectivity index (χ3n) is 2.76. The molecule has 1 heterocycles. The summed E-state index contributed by atoms with van der Waals surface area (Å²) in [6, 6.07) is -0.432. The van der Waals surface area contributed by atoms with Crippen LogP contribution in [0.25, 0.3) is 0 Å². The molecule has 1 rings (SSSR count). The van der Waals surface area contributed by atoms with E-state index in [1.165, 1.54) is 7.11 Å². The number of carbonyl (C=O) groups is 2. The van der Waals surface area contributed by atoms with Crippen LogP contribution in [0, 0.1) is 5.41 Å². The highest BCUT2D eigenvalue weighted by molar-refractivity contribution is 5.82. The Hall–Kier alpha value is -1.10. The van der Waals surface area contributed by atoms with E-state index in [1.807, 2.05) is 20.8 Å². The molecule has 1 saturated heterocycles. The van der Waals surface area contributed by atoms with Crippen LogP contribution >= 0.6 is 0 Å². The first-order valence-corrected chi connectivity index (χ1v) is 5.73. The largest absolute Gasteiger partial charge is 0.469 e. The van der Waals surface area contributed by atoms with Gasteiger partial charge in [0.15, 0.2) is 0 Å². The monoisotopic (exact) mass is 243 g/mol. The van der Waals surface area contributed by atoms with Gasteiger partial charge in [0.05, 0.1) is 12.5 Å². The second kappa shape index (κ2) is 4.64. The van der Waals surface area contributed by atoms with Crippen LogP contribution in [0.5, 0.6) is 0 Å². The fourth-order valence-electron chi connectivity index (χ4n) is 1.88. The van der Waals surface area contributed by atoms with Crippen molar-refractivity contribution in [3.05, 3.63) is 0 Å². The summed E-state index contributed by atoms with van der Waals surface area (Å²) in [5.74, 6) is -0.610. The summed E-state index contributed by atoms with van der Waals surface area (Å²) in [4.78, 5) is 23.4. The highest BCUT2D eigenvalue weighted by Crippen LogP contribution is 2.30. The van der Waals surface area contributed by atoms with Gasteiger partial charge in [-0.05, 0) is 34.1 Å². The van der Waals surface area contributed by atoms with Gasteiger partial charge >= 0.3 is 11.9 Å². The zero-order chi connectivity index (χ0) is 13.3. The number of nitrogens with one attached hydrogen (secondary N) is 1.